The summed E-state index contributed by atoms with van der Waals surface area (Å²) in [6.45, 7) is 3.09. The van der Waals surface area contributed by atoms with Crippen molar-refractivity contribution in [2.75, 3.05) is 6.54 Å². The molecule has 19 heavy (non-hydrogen) atoms. The lowest BCUT2D eigenvalue weighted by atomic mass is 9.88. The van der Waals surface area contributed by atoms with Gasteiger partial charge in [0.1, 0.15) is 6.54 Å². The van der Waals surface area contributed by atoms with E-state index in [0.29, 0.717) is 6.42 Å². The van der Waals surface area contributed by atoms with Gasteiger partial charge in [-0.05, 0) is 12.5 Å². The molecule has 3 aliphatic rings. The normalized spacial score (nSPS) is 37.9. The molecule has 102 valence electrons. The number of nitrogens with one attached hydrogen (secondary N) is 1. The Morgan fingerprint density at radius 2 is 2.37 bits per heavy atom. The van der Waals surface area contributed by atoms with Crippen molar-refractivity contribution in [3.05, 3.63) is 12.7 Å². The van der Waals surface area contributed by atoms with E-state index < -0.39 is 11.9 Å². The molecule has 0 radical (unpaired) electrons. The molecule has 6 nitrogen and oxygen atoms in total. The van der Waals surface area contributed by atoms with Crippen molar-refractivity contribution in [1.82, 2.24) is 5.32 Å². The number of carbonyl (C=O) groups is 3. The van der Waals surface area contributed by atoms with Gasteiger partial charge in [-0.1, -0.05) is 6.58 Å². The van der Waals surface area contributed by atoms with E-state index in [4.69, 9.17) is 9.47 Å². The Labute approximate surface area is 113 Å². The Kier molecular flexibility index (Phi) is 3.00. The van der Waals surface area contributed by atoms with Gasteiger partial charge in [-0.3, -0.25) is 14.4 Å². The molecule has 3 heterocycles. The van der Waals surface area contributed by atoms with Gasteiger partial charge >= 0.3 is 11.9 Å². The van der Waals surface area contributed by atoms with Crippen LogP contribution in [0.15, 0.2) is 12.7 Å². The molecule has 0 spiro atoms. The average molecular weight is 283 g/mol. The van der Waals surface area contributed by atoms with Gasteiger partial charge in [0.05, 0.1) is 11.2 Å². The molecular formula is C12H13NO5S. The maximum absolute atomic E-state index is 11.6. The summed E-state index contributed by atoms with van der Waals surface area (Å²) < 4.78 is 10.6. The first-order valence-electron chi connectivity index (χ1n) is 6.06. The minimum Gasteiger partial charge on any atom is -0.457 e. The van der Waals surface area contributed by atoms with Crippen LogP contribution in [-0.2, 0) is 23.9 Å². The first-order valence-corrected chi connectivity index (χ1v) is 7.00. The van der Waals surface area contributed by atoms with E-state index in [1.54, 1.807) is 11.8 Å². The Bertz CT molecular complexity index is 465. The van der Waals surface area contributed by atoms with E-state index in [1.165, 1.54) is 0 Å². The van der Waals surface area contributed by atoms with Gasteiger partial charge in [0.25, 0.3) is 0 Å². The van der Waals surface area contributed by atoms with Crippen molar-refractivity contribution >= 4 is 29.6 Å². The van der Waals surface area contributed by atoms with Crippen molar-refractivity contribution in [2.24, 2.45) is 5.92 Å². The zero-order valence-corrected chi connectivity index (χ0v) is 10.9. The highest BCUT2D eigenvalue weighted by atomic mass is 32.2. The summed E-state index contributed by atoms with van der Waals surface area (Å²) >= 11 is 1.67. The van der Waals surface area contributed by atoms with Crippen molar-refractivity contribution in [2.45, 2.75) is 29.1 Å². The van der Waals surface area contributed by atoms with Gasteiger partial charge in [-0.2, -0.15) is 0 Å². The molecule has 7 heteroatoms. The van der Waals surface area contributed by atoms with Crippen LogP contribution in [-0.4, -0.2) is 47.1 Å². The van der Waals surface area contributed by atoms with Gasteiger partial charge in [-0.25, -0.2) is 0 Å². The second-order valence-electron chi connectivity index (χ2n) is 4.76. The highest BCUT2D eigenvalue weighted by molar-refractivity contribution is 8.01. The molecule has 3 rings (SSSR count). The van der Waals surface area contributed by atoms with Crippen LogP contribution in [0.5, 0.6) is 0 Å². The van der Waals surface area contributed by atoms with Crippen molar-refractivity contribution in [3.63, 3.8) is 0 Å². The molecule has 3 fully saturated rings. The van der Waals surface area contributed by atoms with E-state index in [-0.39, 0.29) is 41.1 Å². The summed E-state index contributed by atoms with van der Waals surface area (Å²) in [5.41, 5.74) is 0. The van der Waals surface area contributed by atoms with Gasteiger partial charge < -0.3 is 14.8 Å². The third-order valence-corrected chi connectivity index (χ3v) is 5.36. The maximum atomic E-state index is 11.6. The zero-order valence-electron chi connectivity index (χ0n) is 10.0. The molecule has 1 amide bonds. The molecule has 0 aromatic carbocycles. The number of hydrogen-bond donors (Lipinski definition) is 1. The van der Waals surface area contributed by atoms with Crippen LogP contribution in [0.2, 0.25) is 0 Å². The lowest BCUT2D eigenvalue weighted by Gasteiger charge is -2.23. The van der Waals surface area contributed by atoms with E-state index in [2.05, 4.69) is 11.9 Å². The number of carbonyl (C=O) groups excluding carboxylic acids is 3. The largest absolute Gasteiger partial charge is 0.457 e. The topological polar surface area (TPSA) is 81.7 Å². The Morgan fingerprint density at radius 3 is 3.11 bits per heavy atom. The van der Waals surface area contributed by atoms with Gasteiger partial charge in [0.2, 0.25) is 5.91 Å². The van der Waals surface area contributed by atoms with Gasteiger partial charge in [0.15, 0.2) is 12.2 Å². The minimum absolute atomic E-state index is 0.0320. The maximum Gasteiger partial charge on any atom is 0.325 e. The lowest BCUT2D eigenvalue weighted by molar-refractivity contribution is -0.159. The molecule has 1 N–H and O–H groups in total. The van der Waals surface area contributed by atoms with E-state index in [0.717, 1.165) is 6.08 Å². The average Bonchev–Trinajstić information content (AvgIpc) is 3.00. The molecule has 0 aliphatic carbocycles. The second-order valence-corrected chi connectivity index (χ2v) is 6.18. The standard InChI is InChI=1S/C12H13NO5S/c1-2-7(14)13-4-8(15)17-9-6-3-5-11(19-6)10(9)18-12(5)16/h2,5-6,9-11H,1,3-4H2,(H,13,14). The molecule has 2 bridgehead atoms. The van der Waals surface area contributed by atoms with Crippen LogP contribution >= 0.6 is 11.8 Å². The van der Waals surface area contributed by atoms with E-state index >= 15 is 0 Å². The van der Waals surface area contributed by atoms with Crippen LogP contribution < -0.4 is 5.32 Å². The number of ether oxygens (including phenoxy) is 2. The molecule has 5 atom stereocenters. The summed E-state index contributed by atoms with van der Waals surface area (Å²) in [7, 11) is 0. The highest BCUT2D eigenvalue weighted by Crippen LogP contribution is 2.55. The summed E-state index contributed by atoms with van der Waals surface area (Å²) in [5.74, 6) is -1.15. The summed E-state index contributed by atoms with van der Waals surface area (Å²) in [4.78, 5) is 34.1. The number of rotatable bonds is 4. The fourth-order valence-corrected chi connectivity index (χ4v) is 4.67. The number of hydrogen-bond acceptors (Lipinski definition) is 6. The minimum atomic E-state index is -0.521. The van der Waals surface area contributed by atoms with Crippen LogP contribution in [0, 0.1) is 5.92 Å². The van der Waals surface area contributed by atoms with Crippen LogP contribution in [0.1, 0.15) is 6.42 Å². The first kappa shape index (κ1) is 12.5. The lowest BCUT2D eigenvalue weighted by Crippen LogP contribution is -2.42. The van der Waals surface area contributed by atoms with Crippen LogP contribution in [0.3, 0.4) is 0 Å². The number of esters is 2. The van der Waals surface area contributed by atoms with Crippen molar-refractivity contribution in [1.29, 1.82) is 0 Å². The van der Waals surface area contributed by atoms with Gasteiger partial charge in [0, 0.05) is 5.25 Å². The Morgan fingerprint density at radius 1 is 1.58 bits per heavy atom. The number of amides is 1. The molecule has 5 unspecified atom stereocenters. The predicted molar refractivity (Wildman–Crippen MR) is 66.2 cm³/mol. The summed E-state index contributed by atoms with van der Waals surface area (Å²) in [6, 6.07) is 0. The monoisotopic (exact) mass is 283 g/mol. The zero-order chi connectivity index (χ0) is 13.6. The Balaban J connectivity index is 1.57. The molecule has 0 aromatic heterocycles. The molecule has 0 saturated carbocycles. The second kappa shape index (κ2) is 4.56. The molecular weight excluding hydrogens is 270 g/mol. The fraction of sp³-hybridized carbons (Fsp3) is 0.583. The van der Waals surface area contributed by atoms with E-state index in [9.17, 15) is 14.4 Å². The quantitative estimate of drug-likeness (QED) is 0.560. The number of fused-ring (bicyclic) bond motifs is 1. The fourth-order valence-electron chi connectivity index (χ4n) is 2.81. The van der Waals surface area contributed by atoms with Crippen molar-refractivity contribution < 1.29 is 23.9 Å². The molecule has 3 saturated heterocycles. The van der Waals surface area contributed by atoms with Crippen molar-refractivity contribution in [3.8, 4) is 0 Å². The first-order chi connectivity index (χ1) is 9.10. The summed E-state index contributed by atoms with van der Waals surface area (Å²) in [5, 5.41) is 2.61. The third-order valence-electron chi connectivity index (χ3n) is 3.64. The predicted octanol–water partition coefficient (Wildman–Crippen LogP) is -0.370. The van der Waals surface area contributed by atoms with Crippen LogP contribution in [0.4, 0.5) is 0 Å². The molecule has 0 aromatic rings. The summed E-state index contributed by atoms with van der Waals surface area (Å²) in [6.07, 6.45) is 1.09. The van der Waals surface area contributed by atoms with Gasteiger partial charge in [-0.15, -0.1) is 11.8 Å². The molecule has 3 aliphatic heterocycles. The SMILES string of the molecule is C=CC(=O)NCC(=O)OC1C2CC3C(=O)OC1C3S2. The third kappa shape index (κ3) is 2.01. The highest BCUT2D eigenvalue weighted by Gasteiger charge is 2.64. The number of thioether (sulfide) groups is 1. The van der Waals surface area contributed by atoms with Crippen LogP contribution in [0.25, 0.3) is 0 Å². The Hall–Kier alpha value is -1.50. The van der Waals surface area contributed by atoms with E-state index in [1.807, 2.05) is 0 Å². The smallest absolute Gasteiger partial charge is 0.325 e.